The predicted molar refractivity (Wildman–Crippen MR) is 111 cm³/mol. The van der Waals surface area contributed by atoms with Crippen molar-refractivity contribution >= 4 is 17.5 Å². The highest BCUT2D eigenvalue weighted by Crippen LogP contribution is 2.26. The predicted octanol–water partition coefficient (Wildman–Crippen LogP) is 4.59. The number of piperidine rings is 2. The van der Waals surface area contributed by atoms with Crippen LogP contribution in [0.15, 0.2) is 12.1 Å². The Balaban J connectivity index is 1.53. The minimum absolute atomic E-state index is 0.112. The number of ether oxygens (including phenoxy) is 1. The Morgan fingerprint density at radius 2 is 1.74 bits per heavy atom. The van der Waals surface area contributed by atoms with Gasteiger partial charge in [0.15, 0.2) is 6.61 Å². The molecule has 1 unspecified atom stereocenters. The van der Waals surface area contributed by atoms with E-state index in [0.717, 1.165) is 54.3 Å². The molecule has 2 saturated heterocycles. The molecule has 5 heteroatoms. The number of hydrogen-bond acceptors (Lipinski definition) is 3. The molecule has 0 radical (unpaired) electrons. The van der Waals surface area contributed by atoms with Gasteiger partial charge in [-0.05, 0) is 88.7 Å². The maximum atomic E-state index is 12.8. The number of likely N-dealkylation sites (tertiary alicyclic amines) is 2. The molecule has 2 fully saturated rings. The van der Waals surface area contributed by atoms with Gasteiger partial charge in [0.05, 0.1) is 0 Å². The topological polar surface area (TPSA) is 32.8 Å². The third-order valence-electron chi connectivity index (χ3n) is 5.95. The smallest absolute Gasteiger partial charge is 0.260 e. The van der Waals surface area contributed by atoms with Crippen molar-refractivity contribution in [1.29, 1.82) is 0 Å². The molecule has 0 spiro atoms. The first-order valence-corrected chi connectivity index (χ1v) is 10.8. The second kappa shape index (κ2) is 9.79. The van der Waals surface area contributed by atoms with Gasteiger partial charge in [0, 0.05) is 24.2 Å². The summed E-state index contributed by atoms with van der Waals surface area (Å²) >= 11 is 6.22. The Kier molecular flexibility index (Phi) is 7.42. The molecule has 0 saturated carbocycles. The first-order chi connectivity index (χ1) is 13.0. The highest BCUT2D eigenvalue weighted by atomic mass is 35.5. The number of benzene rings is 1. The number of aryl methyl sites for hydroxylation is 2. The van der Waals surface area contributed by atoms with Crippen LogP contribution in [0.3, 0.4) is 0 Å². The van der Waals surface area contributed by atoms with Crippen LogP contribution in [0.5, 0.6) is 5.75 Å². The van der Waals surface area contributed by atoms with E-state index in [1.165, 1.54) is 38.8 Å². The quantitative estimate of drug-likeness (QED) is 0.709. The summed E-state index contributed by atoms with van der Waals surface area (Å²) in [5, 5.41) is 0.766. The normalized spacial score (nSPS) is 21.3. The van der Waals surface area contributed by atoms with Gasteiger partial charge < -0.3 is 14.5 Å². The number of rotatable bonds is 6. The lowest BCUT2D eigenvalue weighted by molar-refractivity contribution is -0.137. The summed E-state index contributed by atoms with van der Waals surface area (Å²) in [5.41, 5.74) is 1.97. The molecule has 150 valence electrons. The van der Waals surface area contributed by atoms with Crippen molar-refractivity contribution in [1.82, 2.24) is 9.80 Å². The molecule has 0 aliphatic carbocycles. The van der Waals surface area contributed by atoms with Crippen LogP contribution in [-0.2, 0) is 4.79 Å². The Morgan fingerprint density at radius 1 is 1.07 bits per heavy atom. The van der Waals surface area contributed by atoms with Crippen LogP contribution in [0.1, 0.15) is 56.1 Å². The Hall–Kier alpha value is -1.26. The van der Waals surface area contributed by atoms with E-state index < -0.39 is 0 Å². The van der Waals surface area contributed by atoms with Crippen molar-refractivity contribution in [2.75, 3.05) is 32.8 Å². The van der Waals surface area contributed by atoms with E-state index in [4.69, 9.17) is 16.3 Å². The van der Waals surface area contributed by atoms with Crippen LogP contribution in [0, 0.1) is 13.8 Å². The molecule has 2 heterocycles. The van der Waals surface area contributed by atoms with E-state index in [0.29, 0.717) is 6.04 Å². The molecular formula is C22H33ClN2O2. The second-order valence-corrected chi connectivity index (χ2v) is 8.47. The van der Waals surface area contributed by atoms with Gasteiger partial charge in [0.25, 0.3) is 5.91 Å². The van der Waals surface area contributed by atoms with Crippen molar-refractivity contribution in [3.05, 3.63) is 28.3 Å². The van der Waals surface area contributed by atoms with E-state index in [2.05, 4.69) is 9.80 Å². The minimum Gasteiger partial charge on any atom is -0.484 e. The molecule has 0 bridgehead atoms. The molecule has 1 aromatic carbocycles. The number of carbonyl (C=O) groups is 1. The maximum absolute atomic E-state index is 12.8. The SMILES string of the molecule is Cc1cc(OCC(=O)N2CCCCC2CCN2CCCCC2)cc(C)c1Cl. The minimum atomic E-state index is 0.112. The van der Waals surface area contributed by atoms with Crippen molar-refractivity contribution in [3.63, 3.8) is 0 Å². The third-order valence-corrected chi connectivity index (χ3v) is 6.54. The van der Waals surface area contributed by atoms with Crippen molar-refractivity contribution in [2.45, 2.75) is 64.8 Å². The van der Waals surface area contributed by atoms with Gasteiger partial charge in [-0.2, -0.15) is 0 Å². The van der Waals surface area contributed by atoms with Gasteiger partial charge in [-0.25, -0.2) is 0 Å². The average molecular weight is 393 g/mol. The molecule has 27 heavy (non-hydrogen) atoms. The summed E-state index contributed by atoms with van der Waals surface area (Å²) in [6.45, 7) is 8.46. The number of carbonyl (C=O) groups excluding carboxylic acids is 1. The molecule has 1 atom stereocenters. The van der Waals surface area contributed by atoms with Gasteiger partial charge in [0.2, 0.25) is 0 Å². The number of nitrogens with zero attached hydrogens (tertiary/aromatic N) is 2. The Morgan fingerprint density at radius 3 is 2.44 bits per heavy atom. The first-order valence-electron chi connectivity index (χ1n) is 10.5. The van der Waals surface area contributed by atoms with E-state index >= 15 is 0 Å². The summed E-state index contributed by atoms with van der Waals surface area (Å²) in [6, 6.07) is 4.18. The molecule has 0 aromatic heterocycles. The van der Waals surface area contributed by atoms with Crippen LogP contribution in [0.2, 0.25) is 5.02 Å². The van der Waals surface area contributed by atoms with E-state index in [9.17, 15) is 4.79 Å². The van der Waals surface area contributed by atoms with Crippen molar-refractivity contribution in [3.8, 4) is 5.75 Å². The van der Waals surface area contributed by atoms with Crippen LogP contribution >= 0.6 is 11.6 Å². The summed E-state index contributed by atoms with van der Waals surface area (Å²) in [4.78, 5) is 17.5. The fraction of sp³-hybridized carbons (Fsp3) is 0.682. The van der Waals surface area contributed by atoms with Crippen LogP contribution in [0.4, 0.5) is 0 Å². The molecule has 3 rings (SSSR count). The number of hydrogen-bond donors (Lipinski definition) is 0. The van der Waals surface area contributed by atoms with E-state index in [1.54, 1.807) is 0 Å². The van der Waals surface area contributed by atoms with Gasteiger partial charge >= 0.3 is 0 Å². The molecule has 0 N–H and O–H groups in total. The average Bonchev–Trinajstić information content (AvgIpc) is 2.69. The summed E-state index contributed by atoms with van der Waals surface area (Å²) in [7, 11) is 0. The summed E-state index contributed by atoms with van der Waals surface area (Å²) in [6.07, 6.45) is 8.55. The third kappa shape index (κ3) is 5.61. The Bertz CT molecular complexity index is 620. The highest BCUT2D eigenvalue weighted by Gasteiger charge is 2.27. The number of halogens is 1. The fourth-order valence-electron chi connectivity index (χ4n) is 4.36. The first kappa shape index (κ1) is 20.5. The lowest BCUT2D eigenvalue weighted by atomic mass is 9.98. The molecule has 1 amide bonds. The van der Waals surface area contributed by atoms with Crippen LogP contribution < -0.4 is 4.74 Å². The van der Waals surface area contributed by atoms with Gasteiger partial charge in [-0.3, -0.25) is 4.79 Å². The fourth-order valence-corrected chi connectivity index (χ4v) is 4.47. The largest absolute Gasteiger partial charge is 0.484 e. The van der Waals surface area contributed by atoms with Crippen molar-refractivity contribution in [2.24, 2.45) is 0 Å². The van der Waals surface area contributed by atoms with Gasteiger partial charge in [0.1, 0.15) is 5.75 Å². The second-order valence-electron chi connectivity index (χ2n) is 8.09. The lowest BCUT2D eigenvalue weighted by Crippen LogP contribution is -2.47. The van der Waals surface area contributed by atoms with Gasteiger partial charge in [-0.15, -0.1) is 0 Å². The monoisotopic (exact) mass is 392 g/mol. The van der Waals surface area contributed by atoms with E-state index in [1.807, 2.05) is 26.0 Å². The van der Waals surface area contributed by atoms with Gasteiger partial charge in [-0.1, -0.05) is 18.0 Å². The lowest BCUT2D eigenvalue weighted by Gasteiger charge is -2.37. The Labute approximate surface area is 168 Å². The van der Waals surface area contributed by atoms with Crippen LogP contribution in [0.25, 0.3) is 0 Å². The molecule has 4 nitrogen and oxygen atoms in total. The molecule has 2 aliphatic heterocycles. The summed E-state index contributed by atoms with van der Waals surface area (Å²) in [5.74, 6) is 0.841. The zero-order valence-corrected chi connectivity index (χ0v) is 17.6. The van der Waals surface area contributed by atoms with Crippen molar-refractivity contribution < 1.29 is 9.53 Å². The molecule has 2 aliphatic rings. The van der Waals surface area contributed by atoms with E-state index in [-0.39, 0.29) is 12.5 Å². The van der Waals surface area contributed by atoms with Crippen LogP contribution in [-0.4, -0.2) is 54.5 Å². The molecule has 1 aromatic rings. The zero-order valence-electron chi connectivity index (χ0n) is 16.8. The standard InChI is InChI=1S/C22H33ClN2O2/c1-17-14-20(15-18(2)22(17)23)27-16-21(26)25-12-7-4-8-19(25)9-13-24-10-5-3-6-11-24/h14-15,19H,3-13,16H2,1-2H3. The summed E-state index contributed by atoms with van der Waals surface area (Å²) < 4.78 is 5.82. The number of amides is 1. The highest BCUT2D eigenvalue weighted by molar-refractivity contribution is 6.32. The zero-order chi connectivity index (χ0) is 19.2. The molecular weight excluding hydrogens is 360 g/mol. The maximum Gasteiger partial charge on any atom is 0.260 e.